The Kier molecular flexibility index (Phi) is 15.8. The molecule has 22 heteroatoms. The second-order valence-corrected chi connectivity index (χ2v) is 24.0. The number of carbonyl (C=O) groups is 2. The molecule has 0 bridgehead atoms. The van der Waals surface area contributed by atoms with Gasteiger partial charge >= 0.3 is 11.9 Å². The van der Waals surface area contributed by atoms with Gasteiger partial charge < -0.3 is 99.2 Å². The Bertz CT molecular complexity index is 2020. The number of allylic oxidation sites excluding steroid dienone is 1. The molecule has 0 aromatic rings. The number of rotatable bonds is 13. The van der Waals surface area contributed by atoms with Crippen molar-refractivity contribution in [1.29, 1.82) is 0 Å². The molecule has 22 nitrogen and oxygen atoms in total. The molecule has 0 radical (unpaired) electrons. The normalized spacial score (nSPS) is 52.5. The van der Waals surface area contributed by atoms with Crippen LogP contribution in [0.15, 0.2) is 11.6 Å². The number of aliphatic hydroxyl groups is 11. The van der Waals surface area contributed by atoms with Gasteiger partial charge in [0.1, 0.15) is 67.1 Å². The molecule has 4 aliphatic carbocycles. The third-order valence-corrected chi connectivity index (χ3v) is 19.6. The van der Waals surface area contributed by atoms with Gasteiger partial charge in [0.2, 0.25) is 0 Å². The molecule has 416 valence electrons. The lowest BCUT2D eigenvalue weighted by molar-refractivity contribution is -0.391. The van der Waals surface area contributed by atoms with Gasteiger partial charge in [-0.25, -0.2) is 0 Å². The van der Waals surface area contributed by atoms with Crippen molar-refractivity contribution in [1.82, 2.24) is 0 Å². The van der Waals surface area contributed by atoms with Crippen molar-refractivity contribution in [2.75, 3.05) is 26.4 Å². The summed E-state index contributed by atoms with van der Waals surface area (Å²) in [4.78, 5) is 25.0. The maximum Gasteiger partial charge on any atom is 0.308 e. The van der Waals surface area contributed by atoms with Crippen LogP contribution in [0.5, 0.6) is 0 Å². The van der Waals surface area contributed by atoms with Crippen LogP contribution in [0.1, 0.15) is 105 Å². The van der Waals surface area contributed by atoms with Crippen molar-refractivity contribution in [2.24, 2.45) is 46.3 Å². The van der Waals surface area contributed by atoms with Crippen LogP contribution in [0.3, 0.4) is 0 Å². The zero-order chi connectivity index (χ0) is 52.9. The molecule has 3 saturated carbocycles. The van der Waals surface area contributed by atoms with Crippen molar-refractivity contribution >= 4 is 11.9 Å². The molecule has 9 aliphatic rings. The van der Waals surface area contributed by atoms with Crippen LogP contribution in [0.2, 0.25) is 0 Å². The van der Waals surface area contributed by atoms with Crippen molar-refractivity contribution in [3.8, 4) is 0 Å². The molecular formula is C51H80O22. The van der Waals surface area contributed by atoms with Gasteiger partial charge in [-0.3, -0.25) is 9.59 Å². The molecule has 8 fully saturated rings. The first-order valence-corrected chi connectivity index (χ1v) is 26.4. The largest absolute Gasteiger partial charge is 0.481 e. The zero-order valence-electron chi connectivity index (χ0n) is 42.3. The Hall–Kier alpha value is -2.04. The summed E-state index contributed by atoms with van der Waals surface area (Å²) in [6.45, 7) is 8.66. The SMILES string of the molecule is C[C@@H]1O[C@@H]([C@]2(O)[C@H](O[C@H]3CC[C@@]4(C)C(=CC[C@H]5[C@@H]6C[C@@H]7O[C@]8(CC[C@H](COC(=O)C[C@](C)(CC(=O)O)O[C@@H]9O[C@H](CO)[C@@H](O)[C@H](O)[C@H]9O)CO8)[C@@H](C)[C@@H]7[C@@]6(C)CC[C@@H]54)C3)O[C@H](CO)[C@@H](O)[C@@H]2O)[C@H](O)[C@H](O)[C@H]1O. The first-order chi connectivity index (χ1) is 34.3. The van der Waals surface area contributed by atoms with Gasteiger partial charge in [-0.2, -0.15) is 0 Å². The Morgan fingerprint density at radius 2 is 1.51 bits per heavy atom. The number of hydrogen-bond donors (Lipinski definition) is 12. The smallest absolute Gasteiger partial charge is 0.308 e. The summed E-state index contributed by atoms with van der Waals surface area (Å²) in [5.41, 5.74) is -3.25. The highest BCUT2D eigenvalue weighted by molar-refractivity contribution is 5.74. The minimum absolute atomic E-state index is 0.000869. The standard InChI is InChI=1S/C51H80O22/c1-22-35-30(72-50(22)13-8-24(21-67-50)20-66-34(56)17-47(3,16-33(54)55)73-45-42(63)40(61)37(58)31(18-52)70-45)15-29-27-7-6-25-14-26(9-11-48(25,4)28(27)10-12-49(29,35)5)69-46-51(65,43(64)38(59)32(19-53)71-46)44-41(62)39(60)36(57)23(2)68-44/h6,22-24,26-32,35-46,52-53,57-65H,7-21H2,1-5H3,(H,54,55)/t22-,23-,24+,26-,27+,28-,29-,30-,31+,32+,35-,36-,37+,38+,39+,40-,41+,42+,43-,44+,45-,46+,47-,48-,49-,50+,51-/m0/s1. The van der Waals surface area contributed by atoms with E-state index in [4.69, 9.17) is 37.9 Å². The first-order valence-electron chi connectivity index (χ1n) is 26.4. The highest BCUT2D eigenvalue weighted by Gasteiger charge is 2.70. The van der Waals surface area contributed by atoms with E-state index in [2.05, 4.69) is 26.8 Å². The fourth-order valence-corrected chi connectivity index (χ4v) is 15.5. The average molecular weight is 1050 g/mol. The Balaban J connectivity index is 0.803. The van der Waals surface area contributed by atoms with Gasteiger partial charge in [-0.15, -0.1) is 0 Å². The predicted molar refractivity (Wildman–Crippen MR) is 247 cm³/mol. The van der Waals surface area contributed by atoms with Crippen molar-refractivity contribution in [3.05, 3.63) is 11.6 Å². The molecule has 5 heterocycles. The summed E-state index contributed by atoms with van der Waals surface area (Å²) in [5.74, 6) is -1.44. The Labute approximate surface area is 424 Å². The number of aliphatic hydroxyl groups excluding tert-OH is 10. The van der Waals surface area contributed by atoms with Gasteiger partial charge in [-0.05, 0) is 99.7 Å². The van der Waals surface area contributed by atoms with Crippen molar-refractivity contribution in [2.45, 2.75) is 220 Å². The van der Waals surface area contributed by atoms with Crippen LogP contribution in [-0.2, 0) is 47.5 Å². The third kappa shape index (κ3) is 9.55. The summed E-state index contributed by atoms with van der Waals surface area (Å²) >= 11 is 0. The molecule has 0 aromatic carbocycles. The van der Waals surface area contributed by atoms with Crippen LogP contribution < -0.4 is 0 Å². The molecule has 0 aromatic heterocycles. The Morgan fingerprint density at radius 3 is 2.18 bits per heavy atom. The van der Waals surface area contributed by atoms with Gasteiger partial charge in [-0.1, -0.05) is 32.4 Å². The van der Waals surface area contributed by atoms with Crippen LogP contribution in [0.4, 0.5) is 0 Å². The second kappa shape index (κ2) is 20.6. The van der Waals surface area contributed by atoms with Crippen molar-refractivity contribution < 1.29 is 109 Å². The number of carboxylic acids is 1. The molecule has 0 unspecified atom stereocenters. The van der Waals surface area contributed by atoms with Gasteiger partial charge in [0.25, 0.3) is 0 Å². The number of carboxylic acid groups (broad SMARTS) is 1. The molecule has 73 heavy (non-hydrogen) atoms. The molecule has 27 atom stereocenters. The molecule has 1 spiro atoms. The Morgan fingerprint density at radius 1 is 0.808 bits per heavy atom. The number of aliphatic carboxylic acids is 1. The molecular weight excluding hydrogens is 965 g/mol. The predicted octanol–water partition coefficient (Wildman–Crippen LogP) is -1.26. The van der Waals surface area contributed by atoms with Gasteiger partial charge in [0.05, 0.1) is 63.2 Å². The number of esters is 1. The second-order valence-electron chi connectivity index (χ2n) is 24.0. The van der Waals surface area contributed by atoms with E-state index in [-0.39, 0.29) is 47.9 Å². The summed E-state index contributed by atoms with van der Waals surface area (Å²) in [7, 11) is 0. The molecule has 0 amide bonds. The van der Waals surface area contributed by atoms with E-state index in [0.717, 1.165) is 32.1 Å². The molecule has 5 saturated heterocycles. The van der Waals surface area contributed by atoms with Crippen LogP contribution in [0, 0.1) is 46.3 Å². The highest BCUT2D eigenvalue weighted by atomic mass is 16.7. The van der Waals surface area contributed by atoms with Crippen molar-refractivity contribution in [3.63, 3.8) is 0 Å². The van der Waals surface area contributed by atoms with Crippen LogP contribution >= 0.6 is 0 Å². The van der Waals surface area contributed by atoms with E-state index in [1.165, 1.54) is 19.4 Å². The van der Waals surface area contributed by atoms with Gasteiger partial charge in [0, 0.05) is 18.3 Å². The van der Waals surface area contributed by atoms with E-state index < -0.39 is 147 Å². The average Bonchev–Trinajstić information content (AvgIpc) is 3.79. The molecule has 5 aliphatic heterocycles. The van der Waals surface area contributed by atoms with Crippen LogP contribution in [0.25, 0.3) is 0 Å². The zero-order valence-corrected chi connectivity index (χ0v) is 42.3. The molecule has 12 N–H and O–H groups in total. The lowest BCUT2D eigenvalue weighted by Gasteiger charge is -2.59. The van der Waals surface area contributed by atoms with E-state index >= 15 is 0 Å². The topological polar surface area (TPSA) is 351 Å². The summed E-state index contributed by atoms with van der Waals surface area (Å²) in [6, 6.07) is 0. The summed E-state index contributed by atoms with van der Waals surface area (Å²) in [5, 5.41) is 127. The summed E-state index contributed by atoms with van der Waals surface area (Å²) < 4.78 is 48.7. The maximum absolute atomic E-state index is 13.2. The fourth-order valence-electron chi connectivity index (χ4n) is 15.5. The summed E-state index contributed by atoms with van der Waals surface area (Å²) in [6.07, 6.45) is -15.3. The van der Waals surface area contributed by atoms with E-state index in [1.54, 1.807) is 0 Å². The number of ether oxygens (including phenoxy) is 8. The lowest BCUT2D eigenvalue weighted by Crippen LogP contribution is -2.77. The number of carbonyl (C=O) groups excluding carboxylic acids is 1. The quantitative estimate of drug-likeness (QED) is 0.0757. The first kappa shape index (κ1) is 55.7. The van der Waals surface area contributed by atoms with E-state index in [1.807, 2.05) is 0 Å². The fraction of sp³-hybridized carbons (Fsp3) is 0.922. The maximum atomic E-state index is 13.2. The minimum atomic E-state index is -2.60. The molecule has 9 rings (SSSR count). The van der Waals surface area contributed by atoms with Gasteiger partial charge in [0.15, 0.2) is 24.0 Å². The number of fused-ring (bicyclic) bond motifs is 7. The highest BCUT2D eigenvalue weighted by Crippen LogP contribution is 2.71. The van der Waals surface area contributed by atoms with Crippen LogP contribution in [-0.4, -0.2) is 215 Å². The van der Waals surface area contributed by atoms with E-state index in [9.17, 15) is 70.9 Å². The minimum Gasteiger partial charge on any atom is -0.481 e. The number of hydrogen-bond acceptors (Lipinski definition) is 21. The third-order valence-electron chi connectivity index (χ3n) is 19.6. The monoisotopic (exact) mass is 1040 g/mol. The lowest BCUT2D eigenvalue weighted by atomic mass is 9.47. The van der Waals surface area contributed by atoms with E-state index in [0.29, 0.717) is 43.4 Å².